The highest BCUT2D eigenvalue weighted by atomic mass is 19.4. The number of rotatable bonds is 5. The Kier molecular flexibility index (Phi) is 7.92. The second kappa shape index (κ2) is 10.0. The average Bonchev–Trinajstić information content (AvgIpc) is 2.67. The molecule has 3 amide bonds. The summed E-state index contributed by atoms with van der Waals surface area (Å²) in [4.78, 5) is 24.1. The first-order valence-corrected chi connectivity index (χ1v) is 10.1. The van der Waals surface area contributed by atoms with E-state index in [2.05, 4.69) is 16.0 Å². The summed E-state index contributed by atoms with van der Waals surface area (Å²) >= 11 is 0. The van der Waals surface area contributed by atoms with Gasteiger partial charge in [0.15, 0.2) is 0 Å². The summed E-state index contributed by atoms with van der Waals surface area (Å²) in [6.07, 6.45) is -13.6. The molecule has 2 rings (SSSR count). The minimum Gasteiger partial charge on any atom is -0.447 e. The zero-order chi connectivity index (χ0) is 26.8. The molecule has 2 aromatic carbocycles. The molecule has 0 unspecified atom stereocenters. The zero-order valence-electron chi connectivity index (χ0n) is 18.9. The minimum atomic E-state index is -6.25. The number of ether oxygens (including phenoxy) is 1. The summed E-state index contributed by atoms with van der Waals surface area (Å²) in [5, 5.41) is 7.19. The van der Waals surface area contributed by atoms with E-state index in [1.165, 1.54) is 24.3 Å². The Morgan fingerprint density at radius 2 is 1.29 bits per heavy atom. The topological polar surface area (TPSA) is 79.5 Å². The second-order valence-electron chi connectivity index (χ2n) is 7.88. The quantitative estimate of drug-likeness (QED) is 0.373. The maximum Gasteiger partial charge on any atom is 0.435 e. The third-order valence-electron chi connectivity index (χ3n) is 4.66. The van der Waals surface area contributed by atoms with E-state index < -0.39 is 35.7 Å². The third kappa shape index (κ3) is 6.34. The molecule has 13 heteroatoms. The molecule has 6 nitrogen and oxygen atoms in total. The Bertz CT molecular complexity index is 1060. The van der Waals surface area contributed by atoms with Gasteiger partial charge >= 0.3 is 30.1 Å². The molecule has 3 N–H and O–H groups in total. The van der Waals surface area contributed by atoms with E-state index in [1.807, 2.05) is 0 Å². The molecular weight excluding hydrogens is 487 g/mol. The SMILES string of the molecule is Cc1cc(C(F)(C(F)(F)F)C(F)(F)F)cc(C)c1NC(=O)Nc1cccc(NC(=O)OC(C)C)c1. The molecule has 35 heavy (non-hydrogen) atoms. The van der Waals surface area contributed by atoms with Crippen LogP contribution in [0, 0.1) is 13.8 Å². The van der Waals surface area contributed by atoms with Crippen molar-refractivity contribution in [3.8, 4) is 0 Å². The molecule has 0 aliphatic heterocycles. The van der Waals surface area contributed by atoms with E-state index in [1.54, 1.807) is 13.8 Å². The van der Waals surface area contributed by atoms with Crippen LogP contribution < -0.4 is 16.0 Å². The normalized spacial score (nSPS) is 12.3. The van der Waals surface area contributed by atoms with Crippen molar-refractivity contribution in [3.63, 3.8) is 0 Å². The van der Waals surface area contributed by atoms with Crippen molar-refractivity contribution in [1.29, 1.82) is 0 Å². The fourth-order valence-corrected chi connectivity index (χ4v) is 3.16. The first kappa shape index (κ1) is 27.7. The van der Waals surface area contributed by atoms with Crippen molar-refractivity contribution < 1.29 is 45.1 Å². The van der Waals surface area contributed by atoms with Crippen molar-refractivity contribution in [1.82, 2.24) is 0 Å². The number of nitrogens with one attached hydrogen (secondary N) is 3. The van der Waals surface area contributed by atoms with Gasteiger partial charge in [-0.15, -0.1) is 0 Å². The van der Waals surface area contributed by atoms with Crippen molar-refractivity contribution in [2.24, 2.45) is 0 Å². The number of carbonyl (C=O) groups excluding carboxylic acids is 2. The highest BCUT2D eigenvalue weighted by Gasteiger charge is 2.73. The predicted octanol–water partition coefficient (Wildman–Crippen LogP) is 7.19. The number of amides is 3. The molecule has 0 radical (unpaired) electrons. The van der Waals surface area contributed by atoms with Gasteiger partial charge in [-0.3, -0.25) is 5.32 Å². The second-order valence-corrected chi connectivity index (χ2v) is 7.88. The lowest BCUT2D eigenvalue weighted by Crippen LogP contribution is -2.50. The molecule has 0 bridgehead atoms. The molecule has 2 aromatic rings. The number of urea groups is 1. The lowest BCUT2D eigenvalue weighted by atomic mass is 9.90. The number of halogens is 7. The number of aryl methyl sites for hydroxylation is 2. The number of anilines is 3. The first-order chi connectivity index (χ1) is 16.0. The summed E-state index contributed by atoms with van der Waals surface area (Å²) in [5.41, 5.74) is -7.30. The fourth-order valence-electron chi connectivity index (χ4n) is 3.16. The van der Waals surface area contributed by atoms with Crippen molar-refractivity contribution in [3.05, 3.63) is 53.1 Å². The van der Waals surface area contributed by atoms with E-state index in [0.29, 0.717) is 12.1 Å². The fraction of sp³-hybridized carbons (Fsp3) is 0.364. The van der Waals surface area contributed by atoms with Gasteiger partial charge in [-0.1, -0.05) is 18.2 Å². The molecule has 0 aromatic heterocycles. The van der Waals surface area contributed by atoms with Gasteiger partial charge in [0.2, 0.25) is 0 Å². The minimum absolute atomic E-state index is 0.104. The Labute approximate surface area is 195 Å². The lowest BCUT2D eigenvalue weighted by molar-refractivity contribution is -0.348. The van der Waals surface area contributed by atoms with Crippen molar-refractivity contribution in [2.75, 3.05) is 16.0 Å². The third-order valence-corrected chi connectivity index (χ3v) is 4.66. The highest BCUT2D eigenvalue weighted by Crippen LogP contribution is 2.53. The zero-order valence-corrected chi connectivity index (χ0v) is 18.9. The lowest BCUT2D eigenvalue weighted by Gasteiger charge is -2.31. The van der Waals surface area contributed by atoms with Crippen LogP contribution in [-0.2, 0) is 10.4 Å². The van der Waals surface area contributed by atoms with Crippen molar-refractivity contribution >= 4 is 29.2 Å². The van der Waals surface area contributed by atoms with Crippen LogP contribution in [0.2, 0.25) is 0 Å². The van der Waals surface area contributed by atoms with E-state index in [0.717, 1.165) is 13.8 Å². The average molecular weight is 509 g/mol. The smallest absolute Gasteiger partial charge is 0.435 e. The molecule has 0 fully saturated rings. The first-order valence-electron chi connectivity index (χ1n) is 10.1. The van der Waals surface area contributed by atoms with Gasteiger partial charge in [-0.2, -0.15) is 26.3 Å². The maximum absolute atomic E-state index is 14.4. The molecule has 0 atom stereocenters. The maximum atomic E-state index is 14.4. The van der Waals surface area contributed by atoms with E-state index >= 15 is 0 Å². The Balaban J connectivity index is 2.24. The summed E-state index contributed by atoms with van der Waals surface area (Å²) in [5.74, 6) is 0. The molecule has 0 aliphatic carbocycles. The summed E-state index contributed by atoms with van der Waals surface area (Å²) < 4.78 is 97.7. The Morgan fingerprint density at radius 3 is 1.74 bits per heavy atom. The van der Waals surface area contributed by atoms with Crippen LogP contribution in [0.1, 0.15) is 30.5 Å². The monoisotopic (exact) mass is 509 g/mol. The van der Waals surface area contributed by atoms with Gasteiger partial charge in [-0.05, 0) is 57.0 Å². The van der Waals surface area contributed by atoms with Crippen LogP contribution in [0.25, 0.3) is 0 Å². The van der Waals surface area contributed by atoms with Gasteiger partial charge in [0, 0.05) is 22.6 Å². The summed E-state index contributed by atoms with van der Waals surface area (Å²) in [7, 11) is 0. The number of alkyl halides is 7. The molecule has 0 heterocycles. The molecule has 0 aliphatic rings. The van der Waals surface area contributed by atoms with Crippen LogP contribution >= 0.6 is 0 Å². The number of carbonyl (C=O) groups is 2. The van der Waals surface area contributed by atoms with Crippen molar-refractivity contribution in [2.45, 2.75) is 51.8 Å². The largest absolute Gasteiger partial charge is 0.447 e. The number of benzene rings is 2. The predicted molar refractivity (Wildman–Crippen MR) is 115 cm³/mol. The molecular formula is C22H22F7N3O3. The van der Waals surface area contributed by atoms with E-state index in [9.17, 15) is 40.3 Å². The Hall–Kier alpha value is -3.51. The highest BCUT2D eigenvalue weighted by molar-refractivity contribution is 6.01. The van der Waals surface area contributed by atoms with Crippen LogP contribution in [0.4, 0.5) is 57.4 Å². The van der Waals surface area contributed by atoms with Crippen LogP contribution in [0.5, 0.6) is 0 Å². The molecule has 0 saturated carbocycles. The molecule has 192 valence electrons. The standard InChI is InChI=1S/C22H22F7N3O3/c1-11(2)35-19(34)31-16-7-5-6-15(10-16)30-18(33)32-17-12(3)8-14(9-13(17)4)20(23,21(24,25)26)22(27,28)29/h5-11H,1-4H3,(H,31,34)(H2,30,32,33). The van der Waals surface area contributed by atoms with Gasteiger partial charge in [0.1, 0.15) is 0 Å². The van der Waals surface area contributed by atoms with Crippen LogP contribution in [0.15, 0.2) is 36.4 Å². The van der Waals surface area contributed by atoms with Crippen LogP contribution in [0.3, 0.4) is 0 Å². The molecule has 0 spiro atoms. The van der Waals surface area contributed by atoms with Gasteiger partial charge < -0.3 is 15.4 Å². The Morgan fingerprint density at radius 1 is 0.800 bits per heavy atom. The van der Waals surface area contributed by atoms with Gasteiger partial charge in [0.05, 0.1) is 6.10 Å². The van der Waals surface area contributed by atoms with Gasteiger partial charge in [0.25, 0.3) is 0 Å². The van der Waals surface area contributed by atoms with Crippen LogP contribution in [-0.4, -0.2) is 30.6 Å². The van der Waals surface area contributed by atoms with Gasteiger partial charge in [-0.25, -0.2) is 14.0 Å². The number of hydrogen-bond acceptors (Lipinski definition) is 3. The summed E-state index contributed by atoms with van der Waals surface area (Å²) in [6.45, 7) is 5.56. The molecule has 0 saturated heterocycles. The summed E-state index contributed by atoms with van der Waals surface area (Å²) in [6, 6.07) is 5.75. The van der Waals surface area contributed by atoms with E-state index in [4.69, 9.17) is 4.74 Å². The number of hydrogen-bond donors (Lipinski definition) is 3. The van der Waals surface area contributed by atoms with E-state index in [-0.39, 0.29) is 34.3 Å².